The summed E-state index contributed by atoms with van der Waals surface area (Å²) >= 11 is 3.78. The van der Waals surface area contributed by atoms with E-state index in [9.17, 15) is 5.11 Å². The largest absolute Gasteiger partial charge is 0.508 e. The Balaban J connectivity index is 1.97. The standard InChI is InChI=1S/C26H27BrN2O3/c1-16(2)17-8-10-18(11-9-17)26-28-24-23(27)21(19-6-5-7-20(30)14-19)15-22(32-4)25(24)29(26)12-13-31-3/h5-11,14-16,30H,12-13H2,1-4H3. The minimum Gasteiger partial charge on any atom is -0.508 e. The zero-order chi connectivity index (χ0) is 22.8. The van der Waals surface area contributed by atoms with Gasteiger partial charge in [0, 0.05) is 24.8 Å². The number of phenols is 1. The van der Waals surface area contributed by atoms with E-state index < -0.39 is 0 Å². The molecule has 0 unspecified atom stereocenters. The lowest BCUT2D eigenvalue weighted by Crippen LogP contribution is -2.07. The minimum atomic E-state index is 0.213. The normalized spacial score (nSPS) is 11.4. The van der Waals surface area contributed by atoms with Gasteiger partial charge in [-0.05, 0) is 51.2 Å². The molecule has 1 heterocycles. The molecule has 0 spiro atoms. The molecule has 6 heteroatoms. The fourth-order valence-corrected chi connectivity index (χ4v) is 4.54. The molecule has 0 saturated carbocycles. The van der Waals surface area contributed by atoms with Crippen LogP contribution in [0.1, 0.15) is 25.3 Å². The number of aromatic nitrogens is 2. The highest BCUT2D eigenvalue weighted by atomic mass is 79.9. The Kier molecular flexibility index (Phi) is 6.53. The van der Waals surface area contributed by atoms with Crippen LogP contribution in [0.2, 0.25) is 0 Å². The first-order valence-electron chi connectivity index (χ1n) is 10.6. The second-order valence-corrected chi connectivity index (χ2v) is 8.84. The number of phenolic OH excluding ortho intramolecular Hbond substituents is 1. The van der Waals surface area contributed by atoms with E-state index >= 15 is 0 Å². The maximum absolute atomic E-state index is 9.98. The van der Waals surface area contributed by atoms with Crippen LogP contribution in [0.4, 0.5) is 0 Å². The lowest BCUT2D eigenvalue weighted by molar-refractivity contribution is 0.188. The summed E-state index contributed by atoms with van der Waals surface area (Å²) in [5.41, 5.74) is 5.83. The van der Waals surface area contributed by atoms with Crippen molar-refractivity contribution in [3.63, 3.8) is 0 Å². The first-order chi connectivity index (χ1) is 15.4. The summed E-state index contributed by atoms with van der Waals surface area (Å²) < 4.78 is 14.2. The average molecular weight is 495 g/mol. The van der Waals surface area contributed by atoms with Crippen LogP contribution in [-0.2, 0) is 11.3 Å². The number of imidazole rings is 1. The molecule has 0 aliphatic rings. The van der Waals surface area contributed by atoms with Gasteiger partial charge in [0.05, 0.1) is 18.2 Å². The van der Waals surface area contributed by atoms with Crippen molar-refractivity contribution in [1.29, 1.82) is 0 Å². The Morgan fingerprint density at radius 2 is 1.78 bits per heavy atom. The van der Waals surface area contributed by atoms with E-state index in [1.807, 2.05) is 18.2 Å². The van der Waals surface area contributed by atoms with E-state index in [2.05, 4.69) is 58.6 Å². The molecule has 0 aliphatic carbocycles. The van der Waals surface area contributed by atoms with Crippen molar-refractivity contribution in [3.05, 3.63) is 64.6 Å². The Bertz CT molecular complexity index is 1250. The molecule has 0 radical (unpaired) electrons. The predicted molar refractivity (Wildman–Crippen MR) is 132 cm³/mol. The Labute approximate surface area is 196 Å². The smallest absolute Gasteiger partial charge is 0.145 e. The number of fused-ring (bicyclic) bond motifs is 1. The number of hydrogen-bond acceptors (Lipinski definition) is 4. The molecule has 5 nitrogen and oxygen atoms in total. The van der Waals surface area contributed by atoms with Crippen LogP contribution in [0.3, 0.4) is 0 Å². The number of methoxy groups -OCH3 is 2. The predicted octanol–water partition coefficient (Wildman–Crippen LogP) is 6.62. The molecule has 0 aliphatic heterocycles. The highest BCUT2D eigenvalue weighted by Gasteiger charge is 2.22. The van der Waals surface area contributed by atoms with Gasteiger partial charge in [-0.3, -0.25) is 0 Å². The number of halogens is 1. The van der Waals surface area contributed by atoms with Crippen molar-refractivity contribution < 1.29 is 14.6 Å². The molecule has 4 aromatic rings. The Morgan fingerprint density at radius 3 is 2.41 bits per heavy atom. The van der Waals surface area contributed by atoms with E-state index in [4.69, 9.17) is 14.5 Å². The fraction of sp³-hybridized carbons (Fsp3) is 0.269. The van der Waals surface area contributed by atoms with E-state index in [0.29, 0.717) is 19.1 Å². The summed E-state index contributed by atoms with van der Waals surface area (Å²) in [5.74, 6) is 2.26. The molecule has 166 valence electrons. The number of rotatable bonds is 7. The minimum absolute atomic E-state index is 0.213. The summed E-state index contributed by atoms with van der Waals surface area (Å²) in [4.78, 5) is 5.05. The van der Waals surface area contributed by atoms with Crippen LogP contribution in [-0.4, -0.2) is 35.5 Å². The summed E-state index contributed by atoms with van der Waals surface area (Å²) in [6.07, 6.45) is 0. The Hall–Kier alpha value is -2.83. The molecule has 0 saturated heterocycles. The number of nitrogens with zero attached hydrogens (tertiary/aromatic N) is 2. The van der Waals surface area contributed by atoms with Gasteiger partial charge in [0.25, 0.3) is 0 Å². The van der Waals surface area contributed by atoms with Crippen molar-refractivity contribution in [2.45, 2.75) is 26.3 Å². The molecule has 0 atom stereocenters. The van der Waals surface area contributed by atoms with Gasteiger partial charge in [-0.1, -0.05) is 50.2 Å². The van der Waals surface area contributed by atoms with Crippen molar-refractivity contribution in [3.8, 4) is 34.0 Å². The van der Waals surface area contributed by atoms with Gasteiger partial charge in [-0.2, -0.15) is 0 Å². The van der Waals surface area contributed by atoms with Crippen molar-refractivity contribution in [1.82, 2.24) is 9.55 Å². The molecule has 32 heavy (non-hydrogen) atoms. The number of benzene rings is 3. The molecule has 0 fully saturated rings. The summed E-state index contributed by atoms with van der Waals surface area (Å²) in [7, 11) is 3.36. The molecule has 0 amide bonds. The van der Waals surface area contributed by atoms with Crippen LogP contribution in [0.15, 0.2) is 59.1 Å². The molecule has 4 rings (SSSR count). The number of ether oxygens (including phenoxy) is 2. The molecule has 1 aromatic heterocycles. The van der Waals surface area contributed by atoms with Gasteiger partial charge in [0.2, 0.25) is 0 Å². The van der Waals surface area contributed by atoms with Crippen molar-refractivity contribution in [2.75, 3.05) is 20.8 Å². The summed E-state index contributed by atoms with van der Waals surface area (Å²) in [5, 5.41) is 9.98. The quantitative estimate of drug-likeness (QED) is 0.313. The lowest BCUT2D eigenvalue weighted by atomic mass is 10.0. The lowest BCUT2D eigenvalue weighted by Gasteiger charge is -2.14. The summed E-state index contributed by atoms with van der Waals surface area (Å²) in [6, 6.07) is 17.7. The SMILES string of the molecule is COCCn1c(-c2ccc(C(C)C)cc2)nc2c(Br)c(-c3cccc(O)c3)cc(OC)c21. The molecular formula is C26H27BrN2O3. The fourth-order valence-electron chi connectivity index (χ4n) is 3.92. The van der Waals surface area contributed by atoms with Gasteiger partial charge < -0.3 is 19.1 Å². The van der Waals surface area contributed by atoms with Crippen LogP contribution in [0.25, 0.3) is 33.5 Å². The second kappa shape index (κ2) is 9.35. The zero-order valence-electron chi connectivity index (χ0n) is 18.7. The highest BCUT2D eigenvalue weighted by Crippen LogP contribution is 2.42. The van der Waals surface area contributed by atoms with Gasteiger partial charge in [0.15, 0.2) is 0 Å². The zero-order valence-corrected chi connectivity index (χ0v) is 20.3. The van der Waals surface area contributed by atoms with Crippen LogP contribution in [0.5, 0.6) is 11.5 Å². The highest BCUT2D eigenvalue weighted by molar-refractivity contribution is 9.10. The number of hydrogen-bond donors (Lipinski definition) is 1. The monoisotopic (exact) mass is 494 g/mol. The Morgan fingerprint density at radius 1 is 1.03 bits per heavy atom. The van der Waals surface area contributed by atoms with Crippen molar-refractivity contribution >= 4 is 27.0 Å². The van der Waals surface area contributed by atoms with E-state index in [-0.39, 0.29) is 5.75 Å². The maximum atomic E-state index is 9.98. The van der Waals surface area contributed by atoms with Gasteiger partial charge >= 0.3 is 0 Å². The van der Waals surface area contributed by atoms with Crippen molar-refractivity contribution in [2.24, 2.45) is 0 Å². The second-order valence-electron chi connectivity index (χ2n) is 8.04. The first-order valence-corrected chi connectivity index (χ1v) is 11.4. The van der Waals surface area contributed by atoms with E-state index in [0.717, 1.165) is 43.8 Å². The number of aromatic hydroxyl groups is 1. The van der Waals surface area contributed by atoms with E-state index in [1.165, 1.54) is 5.56 Å². The third-order valence-electron chi connectivity index (χ3n) is 5.65. The third-order valence-corrected chi connectivity index (χ3v) is 6.46. The molecular weight excluding hydrogens is 468 g/mol. The topological polar surface area (TPSA) is 56.5 Å². The maximum Gasteiger partial charge on any atom is 0.145 e. The van der Waals surface area contributed by atoms with Gasteiger partial charge in [-0.15, -0.1) is 0 Å². The van der Waals surface area contributed by atoms with Crippen LogP contribution >= 0.6 is 15.9 Å². The van der Waals surface area contributed by atoms with Gasteiger partial charge in [-0.25, -0.2) is 4.98 Å². The average Bonchev–Trinajstić information content (AvgIpc) is 3.18. The van der Waals surface area contributed by atoms with E-state index in [1.54, 1.807) is 26.4 Å². The van der Waals surface area contributed by atoms with Crippen LogP contribution in [0, 0.1) is 0 Å². The summed E-state index contributed by atoms with van der Waals surface area (Å²) in [6.45, 7) is 5.57. The van der Waals surface area contributed by atoms with Gasteiger partial charge in [0.1, 0.15) is 28.4 Å². The van der Waals surface area contributed by atoms with Crippen LogP contribution < -0.4 is 4.74 Å². The molecule has 1 N–H and O–H groups in total. The molecule has 0 bridgehead atoms. The first kappa shape index (κ1) is 22.4. The third kappa shape index (κ3) is 4.12. The molecule has 3 aromatic carbocycles.